The molecule has 3 heterocycles. The summed E-state index contributed by atoms with van der Waals surface area (Å²) in [4.78, 5) is 14.7. The van der Waals surface area contributed by atoms with Gasteiger partial charge in [0, 0.05) is 28.1 Å². The summed E-state index contributed by atoms with van der Waals surface area (Å²) in [6.07, 6.45) is 3.08. The number of hydrogen-bond donors (Lipinski definition) is 1. The lowest BCUT2D eigenvalue weighted by Gasteiger charge is -2.28. The van der Waals surface area contributed by atoms with E-state index < -0.39 is 0 Å². The van der Waals surface area contributed by atoms with Crippen molar-refractivity contribution in [2.24, 2.45) is 5.16 Å². The lowest BCUT2D eigenvalue weighted by atomic mass is 9.84. The van der Waals surface area contributed by atoms with E-state index in [1.165, 1.54) is 6.33 Å². The van der Waals surface area contributed by atoms with E-state index in [4.69, 9.17) is 30.9 Å². The zero-order valence-corrected chi connectivity index (χ0v) is 20.3. The Morgan fingerprint density at radius 2 is 1.97 bits per heavy atom. The van der Waals surface area contributed by atoms with E-state index in [0.717, 1.165) is 28.0 Å². The third-order valence-electron chi connectivity index (χ3n) is 6.05. The van der Waals surface area contributed by atoms with Gasteiger partial charge in [-0.15, -0.1) is 5.10 Å². The average molecular weight is 514 g/mol. The molecule has 0 saturated carbocycles. The normalized spacial score (nSPS) is 14.3. The van der Waals surface area contributed by atoms with Crippen LogP contribution in [0.15, 0.2) is 78.2 Å². The van der Waals surface area contributed by atoms with E-state index in [9.17, 15) is 5.11 Å². The van der Waals surface area contributed by atoms with Crippen LogP contribution in [0.3, 0.4) is 0 Å². The maximum atomic E-state index is 10.1. The molecular weight excluding hydrogens is 494 g/mol. The molecule has 0 aliphatic carbocycles. The SMILES string of the molecule is COc1ccc([C@@H]2c3ccc(O)cc3Oc3ncn4nc(CO/N=C\c5ccccc5Cl)nc4c32)cc1. The maximum absolute atomic E-state index is 10.1. The number of aromatic hydroxyl groups is 1. The highest BCUT2D eigenvalue weighted by Crippen LogP contribution is 2.48. The van der Waals surface area contributed by atoms with E-state index in [1.54, 1.807) is 36.0 Å². The van der Waals surface area contributed by atoms with Crippen molar-refractivity contribution >= 4 is 23.5 Å². The number of benzene rings is 3. The summed E-state index contributed by atoms with van der Waals surface area (Å²) < 4.78 is 13.0. The molecule has 0 spiro atoms. The van der Waals surface area contributed by atoms with Crippen LogP contribution in [0.4, 0.5) is 0 Å². The van der Waals surface area contributed by atoms with Crippen molar-refractivity contribution in [2.75, 3.05) is 7.11 Å². The number of phenols is 1. The van der Waals surface area contributed by atoms with Gasteiger partial charge in [-0.3, -0.25) is 0 Å². The number of halogens is 1. The quantitative estimate of drug-likeness (QED) is 0.237. The molecule has 2 aromatic heterocycles. The smallest absolute Gasteiger partial charge is 0.228 e. The highest BCUT2D eigenvalue weighted by Gasteiger charge is 2.33. The molecule has 184 valence electrons. The first kappa shape index (κ1) is 22.8. The van der Waals surface area contributed by atoms with Gasteiger partial charge in [0.1, 0.15) is 23.6 Å². The lowest BCUT2D eigenvalue weighted by Crippen LogP contribution is -2.15. The second-order valence-electron chi connectivity index (χ2n) is 8.32. The van der Waals surface area contributed by atoms with Gasteiger partial charge in [0.2, 0.25) is 5.88 Å². The van der Waals surface area contributed by atoms with Crippen molar-refractivity contribution in [1.82, 2.24) is 19.6 Å². The number of fused-ring (bicyclic) bond motifs is 4. The molecule has 3 aromatic carbocycles. The van der Waals surface area contributed by atoms with Crippen LogP contribution in [0.1, 0.15) is 34.0 Å². The summed E-state index contributed by atoms with van der Waals surface area (Å²) in [5, 5.41) is 19.1. The maximum Gasteiger partial charge on any atom is 0.228 e. The number of nitrogens with zero attached hydrogens (tertiary/aromatic N) is 5. The zero-order chi connectivity index (χ0) is 25.4. The Kier molecular flexibility index (Phi) is 5.82. The predicted molar refractivity (Wildman–Crippen MR) is 137 cm³/mol. The predicted octanol–water partition coefficient (Wildman–Crippen LogP) is 5.33. The molecule has 9 nitrogen and oxygen atoms in total. The second-order valence-corrected chi connectivity index (χ2v) is 8.73. The van der Waals surface area contributed by atoms with Gasteiger partial charge in [-0.25, -0.2) is 14.5 Å². The minimum absolute atomic E-state index is 0.0515. The van der Waals surface area contributed by atoms with Gasteiger partial charge < -0.3 is 19.4 Å². The van der Waals surface area contributed by atoms with Crippen LogP contribution in [0.25, 0.3) is 5.65 Å². The Hall–Kier alpha value is -4.63. The lowest BCUT2D eigenvalue weighted by molar-refractivity contribution is 0.126. The van der Waals surface area contributed by atoms with E-state index in [0.29, 0.717) is 28.1 Å². The average Bonchev–Trinajstić information content (AvgIpc) is 3.34. The minimum Gasteiger partial charge on any atom is -0.508 e. The molecule has 0 amide bonds. The van der Waals surface area contributed by atoms with E-state index >= 15 is 0 Å². The standard InChI is InChI=1S/C27H20ClN5O4/c1-35-19-9-6-16(7-10-19)24-20-11-8-18(34)12-22(20)37-27-25(24)26-31-23(32-33(26)15-29-27)14-36-30-13-17-4-2-3-5-21(17)28/h2-13,15,24,34H,14H2,1H3/b30-13-/t24-/m1/s1. The Morgan fingerprint density at radius 3 is 2.78 bits per heavy atom. The van der Waals surface area contributed by atoms with Crippen molar-refractivity contribution in [2.45, 2.75) is 12.5 Å². The molecule has 10 heteroatoms. The number of oxime groups is 1. The molecule has 0 bridgehead atoms. The van der Waals surface area contributed by atoms with Crippen LogP contribution in [0, 0.1) is 0 Å². The summed E-state index contributed by atoms with van der Waals surface area (Å²) in [6.45, 7) is 0.0515. The Bertz CT molecular complexity index is 1630. The van der Waals surface area contributed by atoms with Gasteiger partial charge >= 0.3 is 0 Å². The molecule has 0 fully saturated rings. The van der Waals surface area contributed by atoms with Crippen LogP contribution >= 0.6 is 11.6 Å². The van der Waals surface area contributed by atoms with Gasteiger partial charge in [0.25, 0.3) is 0 Å². The second kappa shape index (κ2) is 9.44. The van der Waals surface area contributed by atoms with E-state index in [1.807, 2.05) is 48.5 Å². The monoisotopic (exact) mass is 513 g/mol. The fraction of sp³-hybridized carbons (Fsp3) is 0.111. The van der Waals surface area contributed by atoms with Crippen LogP contribution in [-0.2, 0) is 11.4 Å². The third kappa shape index (κ3) is 4.30. The van der Waals surface area contributed by atoms with Gasteiger partial charge in [-0.05, 0) is 29.8 Å². The first-order valence-corrected chi connectivity index (χ1v) is 11.8. The molecule has 6 rings (SSSR count). The van der Waals surface area contributed by atoms with Crippen molar-refractivity contribution in [1.29, 1.82) is 0 Å². The molecule has 1 aliphatic heterocycles. The zero-order valence-electron chi connectivity index (χ0n) is 19.6. The summed E-state index contributed by atoms with van der Waals surface area (Å²) >= 11 is 6.15. The number of hydrogen-bond acceptors (Lipinski definition) is 8. The van der Waals surface area contributed by atoms with E-state index in [2.05, 4.69) is 15.2 Å². The Labute approximate surface area is 216 Å². The Balaban J connectivity index is 1.37. The molecule has 0 unspecified atom stereocenters. The molecule has 5 aromatic rings. The highest BCUT2D eigenvalue weighted by atomic mass is 35.5. The largest absolute Gasteiger partial charge is 0.508 e. The first-order chi connectivity index (χ1) is 18.1. The minimum atomic E-state index is -0.266. The van der Waals surface area contributed by atoms with Crippen molar-refractivity contribution < 1.29 is 19.4 Å². The number of aromatic nitrogens is 4. The highest BCUT2D eigenvalue weighted by molar-refractivity contribution is 6.33. The molecule has 1 atom stereocenters. The molecule has 37 heavy (non-hydrogen) atoms. The topological polar surface area (TPSA) is 103 Å². The molecule has 0 radical (unpaired) electrons. The number of methoxy groups -OCH3 is 1. The van der Waals surface area contributed by atoms with Crippen molar-refractivity contribution in [3.63, 3.8) is 0 Å². The molecular formula is C27H20ClN5O4. The van der Waals surface area contributed by atoms with Gasteiger partial charge in [0.05, 0.1) is 18.9 Å². The summed E-state index contributed by atoms with van der Waals surface area (Å²) in [7, 11) is 1.63. The van der Waals surface area contributed by atoms with Crippen molar-refractivity contribution in [3.05, 3.63) is 106 Å². The third-order valence-corrected chi connectivity index (χ3v) is 6.39. The number of rotatable bonds is 6. The Morgan fingerprint density at radius 1 is 1.14 bits per heavy atom. The van der Waals surface area contributed by atoms with Crippen LogP contribution < -0.4 is 9.47 Å². The summed E-state index contributed by atoms with van der Waals surface area (Å²) in [6, 6.07) is 20.2. The van der Waals surface area contributed by atoms with E-state index in [-0.39, 0.29) is 18.3 Å². The summed E-state index contributed by atoms with van der Waals surface area (Å²) in [5.74, 6) is 1.94. The fourth-order valence-electron chi connectivity index (χ4n) is 4.32. The summed E-state index contributed by atoms with van der Waals surface area (Å²) in [5.41, 5.74) is 3.94. The van der Waals surface area contributed by atoms with Crippen LogP contribution in [0.2, 0.25) is 5.02 Å². The molecule has 1 aliphatic rings. The van der Waals surface area contributed by atoms with Crippen LogP contribution in [-0.4, -0.2) is 38.0 Å². The molecule has 1 N–H and O–H groups in total. The fourth-order valence-corrected chi connectivity index (χ4v) is 4.50. The first-order valence-electron chi connectivity index (χ1n) is 11.4. The van der Waals surface area contributed by atoms with Crippen LogP contribution in [0.5, 0.6) is 23.1 Å². The number of ether oxygens (including phenoxy) is 2. The van der Waals surface area contributed by atoms with Gasteiger partial charge in [0.15, 0.2) is 18.1 Å². The number of phenolic OH excluding ortho intramolecular Hbond substituents is 1. The van der Waals surface area contributed by atoms with Gasteiger partial charge in [-0.1, -0.05) is 53.2 Å². The molecule has 0 saturated heterocycles. The van der Waals surface area contributed by atoms with Gasteiger partial charge in [-0.2, -0.15) is 0 Å². The van der Waals surface area contributed by atoms with Crippen molar-refractivity contribution in [3.8, 4) is 23.1 Å².